The number of aliphatic carboxylic acids is 8. The molecular formula is C12Na8O18. The quantitative estimate of drug-likeness (QED) is 0.180. The minimum absolute atomic E-state index is 0. The Morgan fingerprint density at radius 1 is 0.289 bits per heavy atom. The van der Waals surface area contributed by atoms with Gasteiger partial charge < -0.3 is 88.7 Å². The van der Waals surface area contributed by atoms with Crippen LogP contribution in [0.15, 0.2) is 0 Å². The van der Waals surface area contributed by atoms with Crippen LogP contribution in [0.4, 0.5) is 0 Å². The molecule has 1 aliphatic rings. The Balaban J connectivity index is -0.000000187. The van der Waals surface area contributed by atoms with Gasteiger partial charge in [0.1, 0.15) is 0 Å². The van der Waals surface area contributed by atoms with Crippen LogP contribution in [0, 0.1) is 0 Å². The minimum atomic E-state index is -5.50. The van der Waals surface area contributed by atoms with Crippen LogP contribution in [0.25, 0.3) is 0 Å². The van der Waals surface area contributed by atoms with Gasteiger partial charge in [-0.2, -0.15) is 0 Å². The molecule has 1 saturated heterocycles. The summed E-state index contributed by atoms with van der Waals surface area (Å²) in [4.78, 5) is 90.8. The van der Waals surface area contributed by atoms with E-state index in [2.05, 4.69) is 9.47 Å². The van der Waals surface area contributed by atoms with Crippen molar-refractivity contribution in [1.29, 1.82) is 0 Å². The molecule has 1 fully saturated rings. The molecule has 0 radical (unpaired) electrons. The second-order valence-electron chi connectivity index (χ2n) is 5.23. The van der Waals surface area contributed by atoms with Crippen LogP contribution in [0.5, 0.6) is 0 Å². The van der Waals surface area contributed by atoms with Crippen LogP contribution in [0.2, 0.25) is 0 Å². The summed E-state index contributed by atoms with van der Waals surface area (Å²) in [5.41, 5.74) is -22.0. The van der Waals surface area contributed by atoms with Crippen molar-refractivity contribution >= 4 is 47.8 Å². The van der Waals surface area contributed by atoms with Gasteiger partial charge in [-0.05, 0) is 0 Å². The number of carbonyl (C=O) groups excluding carboxylic acids is 8. The molecule has 0 unspecified atom stereocenters. The maximum atomic E-state index is 11.4. The number of carboxylic acids is 8. The molecular weight excluding hydrogens is 616 g/mol. The predicted molar refractivity (Wildman–Crippen MR) is 53.1 cm³/mol. The van der Waals surface area contributed by atoms with Crippen LogP contribution in [-0.2, 0) is 47.8 Å². The van der Waals surface area contributed by atoms with E-state index < -0.39 is 70.2 Å². The van der Waals surface area contributed by atoms with Gasteiger partial charge in [-0.3, -0.25) is 0 Å². The summed E-state index contributed by atoms with van der Waals surface area (Å²) in [7, 11) is 0. The molecule has 0 aliphatic carbocycles. The molecule has 0 aromatic carbocycles. The molecule has 1 rings (SSSR count). The minimum Gasteiger partial charge on any atom is -0.546 e. The van der Waals surface area contributed by atoms with E-state index in [1.54, 1.807) is 0 Å². The van der Waals surface area contributed by atoms with Crippen LogP contribution in [-0.4, -0.2) is 70.2 Å². The fourth-order valence-corrected chi connectivity index (χ4v) is 2.56. The second-order valence-corrected chi connectivity index (χ2v) is 5.23. The second kappa shape index (κ2) is 22.2. The molecule has 38 heavy (non-hydrogen) atoms. The van der Waals surface area contributed by atoms with Crippen molar-refractivity contribution in [3.05, 3.63) is 0 Å². The van der Waals surface area contributed by atoms with Gasteiger partial charge in [0.25, 0.3) is 0 Å². The van der Waals surface area contributed by atoms with E-state index in [9.17, 15) is 79.2 Å². The van der Waals surface area contributed by atoms with E-state index >= 15 is 0 Å². The van der Waals surface area contributed by atoms with Crippen molar-refractivity contribution in [2.24, 2.45) is 0 Å². The predicted octanol–water partition coefficient (Wildman–Crippen LogP) is -39.0. The molecule has 0 N–H and O–H groups in total. The van der Waals surface area contributed by atoms with Gasteiger partial charge in [0, 0.05) is 0 Å². The molecule has 26 heteroatoms. The zero-order chi connectivity index (χ0) is 24.0. The molecule has 0 spiro atoms. The Morgan fingerprint density at radius 3 is 0.421 bits per heavy atom. The summed E-state index contributed by atoms with van der Waals surface area (Å²) < 4.78 is 7.06. The van der Waals surface area contributed by atoms with Gasteiger partial charge >= 0.3 is 236 Å². The first kappa shape index (κ1) is 60.8. The van der Waals surface area contributed by atoms with Crippen LogP contribution < -0.4 is 277 Å². The number of carboxylic acid groups (broad SMARTS) is 8. The number of rotatable bonds is 8. The molecule has 0 atom stereocenters. The number of ether oxygens (including phenoxy) is 2. The van der Waals surface area contributed by atoms with E-state index in [0.29, 0.717) is 0 Å². The van der Waals surface area contributed by atoms with Gasteiger partial charge in [0.05, 0.1) is 47.8 Å². The van der Waals surface area contributed by atoms with Gasteiger partial charge in [0.15, 0.2) is 22.4 Å². The average molecular weight is 616 g/mol. The topological polar surface area (TPSA) is 340 Å². The summed E-state index contributed by atoms with van der Waals surface area (Å²) in [6.45, 7) is 0. The summed E-state index contributed by atoms with van der Waals surface area (Å²) in [5.74, 6) is -29.4. The van der Waals surface area contributed by atoms with Gasteiger partial charge in [0.2, 0.25) is 0 Å². The Morgan fingerprint density at radius 2 is 0.368 bits per heavy atom. The third-order valence-electron chi connectivity index (χ3n) is 3.90. The first-order valence-corrected chi connectivity index (χ1v) is 6.58. The molecule has 0 saturated carbocycles. The monoisotopic (exact) mass is 616 g/mol. The standard InChI is InChI=1S/C12H8O18.8Na/c13-1(14)9(2(15)16)10(3(17)18,4(19)20)30-12(7(25)26,8(27)28)11(29-9,5(21)22)6(23)24;;;;;;;;/h(H,13,14)(H,15,16)(H,17,18)(H,19,20)(H,21,22)(H,23,24)(H,25,26)(H,27,28);;;;;;;;/q;8*+1/p-8. The normalized spacial score (nSPS) is 16.0. The summed E-state index contributed by atoms with van der Waals surface area (Å²) >= 11 is 0. The maximum absolute atomic E-state index is 11.4. The SMILES string of the molecule is O=C([O-])C1(C(=O)[O-])OC(C(=O)[O-])(C(=O)[O-])C(C(=O)[O-])(C(=O)[O-])OC1(C(=O)[O-])C(=O)[O-].[Na+].[Na+].[Na+].[Na+].[Na+].[Na+].[Na+].[Na+]. The van der Waals surface area contributed by atoms with Crippen LogP contribution in [0.3, 0.4) is 0 Å². The third kappa shape index (κ3) is 8.90. The van der Waals surface area contributed by atoms with E-state index in [4.69, 9.17) is 0 Å². The number of carbonyl (C=O) groups is 8. The van der Waals surface area contributed by atoms with Crippen LogP contribution >= 0.6 is 0 Å². The molecule has 1 heterocycles. The fourth-order valence-electron chi connectivity index (χ4n) is 2.56. The molecule has 0 bridgehead atoms. The Kier molecular flexibility index (Phi) is 35.6. The molecule has 0 amide bonds. The number of hydrogen-bond acceptors (Lipinski definition) is 18. The molecule has 164 valence electrons. The molecule has 0 aromatic rings. The Hall–Kier alpha value is 3.68. The van der Waals surface area contributed by atoms with Gasteiger partial charge in [-0.1, -0.05) is 0 Å². The molecule has 0 aromatic heterocycles. The maximum Gasteiger partial charge on any atom is 1.00 e. The molecule has 1 aliphatic heterocycles. The number of hydrogen-bond donors (Lipinski definition) is 0. The smallest absolute Gasteiger partial charge is 0.546 e. The van der Waals surface area contributed by atoms with Crippen molar-refractivity contribution in [1.82, 2.24) is 0 Å². The Bertz CT molecular complexity index is 734. The van der Waals surface area contributed by atoms with E-state index in [1.165, 1.54) is 0 Å². The van der Waals surface area contributed by atoms with Gasteiger partial charge in [-0.15, -0.1) is 0 Å². The van der Waals surface area contributed by atoms with E-state index in [0.717, 1.165) is 0 Å². The first-order chi connectivity index (χ1) is 13.5. The average Bonchev–Trinajstić information content (AvgIpc) is 2.57. The van der Waals surface area contributed by atoms with Crippen molar-refractivity contribution in [3.63, 3.8) is 0 Å². The zero-order valence-electron chi connectivity index (χ0n) is 21.3. The van der Waals surface area contributed by atoms with Crippen molar-refractivity contribution < 1.29 is 325 Å². The van der Waals surface area contributed by atoms with E-state index in [1.807, 2.05) is 0 Å². The van der Waals surface area contributed by atoms with Crippen molar-refractivity contribution in [2.75, 3.05) is 0 Å². The first-order valence-electron chi connectivity index (χ1n) is 6.58. The summed E-state index contributed by atoms with van der Waals surface area (Å²) in [6.07, 6.45) is 0. The fraction of sp³-hybridized carbons (Fsp3) is 0.333. The summed E-state index contributed by atoms with van der Waals surface area (Å²) in [5, 5.41) is 90.8. The van der Waals surface area contributed by atoms with Crippen LogP contribution in [0.1, 0.15) is 0 Å². The van der Waals surface area contributed by atoms with Crippen molar-refractivity contribution in [3.8, 4) is 0 Å². The van der Waals surface area contributed by atoms with Crippen molar-refractivity contribution in [2.45, 2.75) is 22.4 Å². The van der Waals surface area contributed by atoms with Gasteiger partial charge in [-0.25, -0.2) is 0 Å². The molecule has 18 nitrogen and oxygen atoms in total. The largest absolute Gasteiger partial charge is 1.00 e. The third-order valence-corrected chi connectivity index (χ3v) is 3.90. The summed E-state index contributed by atoms with van der Waals surface area (Å²) in [6, 6.07) is 0. The van der Waals surface area contributed by atoms with E-state index in [-0.39, 0.29) is 236 Å². The Labute approximate surface area is 387 Å². The zero-order valence-corrected chi connectivity index (χ0v) is 37.3.